The summed E-state index contributed by atoms with van der Waals surface area (Å²) < 4.78 is 0. The minimum atomic E-state index is 0.0323. The zero-order valence-corrected chi connectivity index (χ0v) is 6.17. The Hall–Kier alpha value is -1.22. The van der Waals surface area contributed by atoms with Crippen molar-refractivity contribution in [1.82, 2.24) is 0 Å². The number of benzene rings is 1. The van der Waals surface area contributed by atoms with Gasteiger partial charge in [0.1, 0.15) is 0 Å². The average molecular weight is 149 g/mol. The molecule has 1 aromatic carbocycles. The number of hydrogen-bond acceptors (Lipinski definition) is 3. The molecular formula is C8H11N3. The van der Waals surface area contributed by atoms with Crippen LogP contribution in [-0.4, -0.2) is 12.7 Å². The molecule has 0 saturated heterocycles. The van der Waals surface area contributed by atoms with Crippen LogP contribution in [0.15, 0.2) is 24.3 Å². The number of para-hydroxylation sites is 2. The third-order valence-corrected chi connectivity index (χ3v) is 1.78. The van der Waals surface area contributed by atoms with Gasteiger partial charge in [-0.1, -0.05) is 12.1 Å². The molecule has 1 aliphatic heterocycles. The molecule has 0 aliphatic carbocycles. The molecule has 1 aliphatic rings. The van der Waals surface area contributed by atoms with Gasteiger partial charge in [-0.25, -0.2) is 0 Å². The van der Waals surface area contributed by atoms with Gasteiger partial charge >= 0.3 is 0 Å². The fraction of sp³-hybridized carbons (Fsp3) is 0.250. The molecule has 0 fully saturated rings. The minimum absolute atomic E-state index is 0.0323. The van der Waals surface area contributed by atoms with Gasteiger partial charge in [0.2, 0.25) is 0 Å². The van der Waals surface area contributed by atoms with Gasteiger partial charge in [-0.05, 0) is 12.1 Å². The van der Waals surface area contributed by atoms with Crippen LogP contribution in [0.1, 0.15) is 0 Å². The monoisotopic (exact) mass is 149 g/mol. The molecule has 0 bridgehead atoms. The van der Waals surface area contributed by atoms with Crippen LogP contribution in [0, 0.1) is 0 Å². The smallest absolute Gasteiger partial charge is 0.0920 e. The van der Waals surface area contributed by atoms with Crippen molar-refractivity contribution in [3.8, 4) is 0 Å². The Balaban J connectivity index is 2.34. The highest BCUT2D eigenvalue weighted by Gasteiger charge is 2.11. The number of anilines is 2. The van der Waals surface area contributed by atoms with Gasteiger partial charge < -0.3 is 16.4 Å². The molecule has 0 amide bonds. The molecule has 3 nitrogen and oxygen atoms in total. The van der Waals surface area contributed by atoms with E-state index in [2.05, 4.69) is 10.6 Å². The summed E-state index contributed by atoms with van der Waals surface area (Å²) in [7, 11) is 0. The van der Waals surface area contributed by atoms with Gasteiger partial charge in [0.25, 0.3) is 0 Å². The molecule has 0 saturated carbocycles. The van der Waals surface area contributed by atoms with E-state index in [9.17, 15) is 0 Å². The third kappa shape index (κ3) is 1.14. The Morgan fingerprint density at radius 1 is 1.27 bits per heavy atom. The number of nitrogens with one attached hydrogen (secondary N) is 2. The van der Waals surface area contributed by atoms with Crippen molar-refractivity contribution in [2.24, 2.45) is 5.73 Å². The third-order valence-electron chi connectivity index (χ3n) is 1.78. The number of nitrogens with two attached hydrogens (primary N) is 1. The lowest BCUT2D eigenvalue weighted by Gasteiger charge is -2.25. The molecule has 1 aromatic rings. The van der Waals surface area contributed by atoms with Crippen molar-refractivity contribution in [2.75, 3.05) is 17.2 Å². The fourth-order valence-electron chi connectivity index (χ4n) is 1.23. The molecule has 11 heavy (non-hydrogen) atoms. The van der Waals surface area contributed by atoms with Crippen LogP contribution in [0.25, 0.3) is 0 Å². The van der Waals surface area contributed by atoms with Crippen molar-refractivity contribution in [2.45, 2.75) is 6.17 Å². The second-order valence-electron chi connectivity index (χ2n) is 2.68. The van der Waals surface area contributed by atoms with Gasteiger partial charge in [-0.15, -0.1) is 0 Å². The fourth-order valence-corrected chi connectivity index (χ4v) is 1.23. The van der Waals surface area contributed by atoms with E-state index in [-0.39, 0.29) is 6.17 Å². The first-order valence-corrected chi connectivity index (χ1v) is 3.71. The summed E-state index contributed by atoms with van der Waals surface area (Å²) in [6.45, 7) is 0.789. The van der Waals surface area contributed by atoms with E-state index in [1.54, 1.807) is 0 Å². The van der Waals surface area contributed by atoms with Gasteiger partial charge in [0, 0.05) is 6.54 Å². The maximum atomic E-state index is 5.68. The molecule has 0 radical (unpaired) electrons. The van der Waals surface area contributed by atoms with E-state index >= 15 is 0 Å². The standard InChI is InChI=1S/C8H11N3/c9-8-5-10-6-3-1-2-4-7(6)11-8/h1-4,8,10-11H,5,9H2. The summed E-state index contributed by atoms with van der Waals surface area (Å²) >= 11 is 0. The first-order valence-electron chi connectivity index (χ1n) is 3.71. The highest BCUT2D eigenvalue weighted by atomic mass is 15.1. The molecule has 1 unspecified atom stereocenters. The molecule has 1 heterocycles. The summed E-state index contributed by atoms with van der Waals surface area (Å²) in [5, 5.41) is 6.40. The topological polar surface area (TPSA) is 50.1 Å². The van der Waals surface area contributed by atoms with E-state index < -0.39 is 0 Å². The number of fused-ring (bicyclic) bond motifs is 1. The van der Waals surface area contributed by atoms with Crippen molar-refractivity contribution in [3.05, 3.63) is 24.3 Å². The number of hydrogen-bond donors (Lipinski definition) is 3. The van der Waals surface area contributed by atoms with Gasteiger partial charge in [0.05, 0.1) is 17.5 Å². The molecule has 1 atom stereocenters. The quantitative estimate of drug-likeness (QED) is 0.511. The minimum Gasteiger partial charge on any atom is -0.380 e. The van der Waals surface area contributed by atoms with Crippen LogP contribution in [-0.2, 0) is 0 Å². The lowest BCUT2D eigenvalue weighted by Crippen LogP contribution is -2.40. The second kappa shape index (κ2) is 2.43. The predicted molar refractivity (Wildman–Crippen MR) is 46.5 cm³/mol. The van der Waals surface area contributed by atoms with E-state index in [0.29, 0.717) is 0 Å². The zero-order chi connectivity index (χ0) is 7.68. The van der Waals surface area contributed by atoms with E-state index in [4.69, 9.17) is 5.73 Å². The lowest BCUT2D eigenvalue weighted by atomic mass is 10.2. The largest absolute Gasteiger partial charge is 0.380 e. The molecule has 4 N–H and O–H groups in total. The van der Waals surface area contributed by atoms with Crippen molar-refractivity contribution in [3.63, 3.8) is 0 Å². The average Bonchev–Trinajstić information content (AvgIpc) is 2.04. The summed E-state index contributed by atoms with van der Waals surface area (Å²) in [5.74, 6) is 0. The molecule has 0 spiro atoms. The van der Waals surface area contributed by atoms with Crippen LogP contribution in [0.4, 0.5) is 11.4 Å². The molecule has 0 aromatic heterocycles. The maximum Gasteiger partial charge on any atom is 0.0920 e. The highest BCUT2D eigenvalue weighted by molar-refractivity contribution is 5.70. The van der Waals surface area contributed by atoms with Crippen LogP contribution in [0.5, 0.6) is 0 Å². The second-order valence-corrected chi connectivity index (χ2v) is 2.68. The van der Waals surface area contributed by atoms with Crippen LogP contribution >= 0.6 is 0 Å². The van der Waals surface area contributed by atoms with Crippen LogP contribution in [0.2, 0.25) is 0 Å². The van der Waals surface area contributed by atoms with E-state index in [1.165, 1.54) is 0 Å². The van der Waals surface area contributed by atoms with Crippen molar-refractivity contribution < 1.29 is 0 Å². The Bertz CT molecular complexity index is 259. The number of rotatable bonds is 0. The van der Waals surface area contributed by atoms with E-state index in [1.807, 2.05) is 24.3 Å². The Kier molecular flexibility index (Phi) is 1.43. The SMILES string of the molecule is NC1CNc2ccccc2N1. The highest BCUT2D eigenvalue weighted by Crippen LogP contribution is 2.23. The van der Waals surface area contributed by atoms with Crippen molar-refractivity contribution >= 4 is 11.4 Å². The van der Waals surface area contributed by atoms with Gasteiger partial charge in [-0.2, -0.15) is 0 Å². The lowest BCUT2D eigenvalue weighted by molar-refractivity contribution is 0.780. The molecule has 3 heteroatoms. The van der Waals surface area contributed by atoms with Crippen LogP contribution in [0.3, 0.4) is 0 Å². The molecular weight excluding hydrogens is 138 g/mol. The maximum absolute atomic E-state index is 5.68. The molecule has 2 rings (SSSR count). The van der Waals surface area contributed by atoms with Gasteiger partial charge in [-0.3, -0.25) is 0 Å². The Labute approximate surface area is 65.6 Å². The first kappa shape index (κ1) is 6.49. The predicted octanol–water partition coefficient (Wildman–Crippen LogP) is 0.809. The molecule has 58 valence electrons. The summed E-state index contributed by atoms with van der Waals surface area (Å²) in [6, 6.07) is 8.05. The first-order chi connectivity index (χ1) is 5.36. The van der Waals surface area contributed by atoms with E-state index in [0.717, 1.165) is 17.9 Å². The van der Waals surface area contributed by atoms with Gasteiger partial charge in [0.15, 0.2) is 0 Å². The Morgan fingerprint density at radius 3 is 2.82 bits per heavy atom. The zero-order valence-electron chi connectivity index (χ0n) is 6.17. The summed E-state index contributed by atoms with van der Waals surface area (Å²) in [4.78, 5) is 0. The summed E-state index contributed by atoms with van der Waals surface area (Å²) in [6.07, 6.45) is 0.0323. The normalized spacial score (nSPS) is 21.4. The van der Waals surface area contributed by atoms with Crippen LogP contribution < -0.4 is 16.4 Å². The summed E-state index contributed by atoms with van der Waals surface area (Å²) in [5.41, 5.74) is 7.90. The Morgan fingerprint density at radius 2 is 2.00 bits per heavy atom. The van der Waals surface area contributed by atoms with Crippen molar-refractivity contribution in [1.29, 1.82) is 0 Å².